The quantitative estimate of drug-likeness (QED) is 0.799. The fourth-order valence-electron chi connectivity index (χ4n) is 3.80. The first-order chi connectivity index (χ1) is 12.1. The Bertz CT molecular complexity index is 635. The summed E-state index contributed by atoms with van der Waals surface area (Å²) in [5, 5.41) is 6.87. The van der Waals surface area contributed by atoms with Crippen molar-refractivity contribution in [2.24, 2.45) is 11.8 Å². The zero-order valence-electron chi connectivity index (χ0n) is 15.0. The Hall–Kier alpha value is -1.30. The van der Waals surface area contributed by atoms with Crippen molar-refractivity contribution in [1.29, 1.82) is 0 Å². The molecule has 5 nitrogen and oxygen atoms in total. The van der Waals surface area contributed by atoms with Gasteiger partial charge in [0.2, 0.25) is 11.8 Å². The zero-order chi connectivity index (χ0) is 17.8. The van der Waals surface area contributed by atoms with Crippen LogP contribution in [0.2, 0.25) is 5.02 Å². The van der Waals surface area contributed by atoms with Crippen molar-refractivity contribution in [3.63, 3.8) is 0 Å². The number of halogens is 2. The fraction of sp³-hybridized carbons (Fsp3) is 0.579. The lowest BCUT2D eigenvalue weighted by atomic mass is 9.85. The summed E-state index contributed by atoms with van der Waals surface area (Å²) in [6, 6.07) is 6.87. The number of hydrogen-bond acceptors (Lipinski definition) is 3. The number of nitrogens with one attached hydrogen (secondary N) is 2. The molecule has 0 aromatic heterocycles. The van der Waals surface area contributed by atoms with Gasteiger partial charge in [-0.1, -0.05) is 30.7 Å². The molecule has 2 aliphatic rings. The van der Waals surface area contributed by atoms with Gasteiger partial charge in [0.05, 0.1) is 10.7 Å². The van der Waals surface area contributed by atoms with Crippen LogP contribution >= 0.6 is 24.0 Å². The van der Waals surface area contributed by atoms with E-state index in [1.807, 2.05) is 18.2 Å². The van der Waals surface area contributed by atoms with E-state index < -0.39 is 6.04 Å². The molecule has 0 bridgehead atoms. The van der Waals surface area contributed by atoms with Gasteiger partial charge >= 0.3 is 0 Å². The summed E-state index contributed by atoms with van der Waals surface area (Å²) in [7, 11) is 0. The maximum Gasteiger partial charge on any atom is 0.249 e. The smallest absolute Gasteiger partial charge is 0.249 e. The van der Waals surface area contributed by atoms with Crippen LogP contribution in [-0.4, -0.2) is 37.5 Å². The summed E-state index contributed by atoms with van der Waals surface area (Å²) in [4.78, 5) is 26.7. The highest BCUT2D eigenvalue weighted by Gasteiger charge is 2.34. The monoisotopic (exact) mass is 399 g/mol. The Balaban J connectivity index is 0.00000243. The summed E-state index contributed by atoms with van der Waals surface area (Å²) in [6.45, 7) is 4.76. The Kier molecular flexibility index (Phi) is 7.74. The molecule has 26 heavy (non-hydrogen) atoms. The van der Waals surface area contributed by atoms with Crippen molar-refractivity contribution in [3.05, 3.63) is 29.3 Å². The number of carbonyl (C=O) groups excluding carboxylic acids is 2. The summed E-state index contributed by atoms with van der Waals surface area (Å²) in [5.41, 5.74) is 0.715. The van der Waals surface area contributed by atoms with Gasteiger partial charge < -0.3 is 15.5 Å². The van der Waals surface area contributed by atoms with Gasteiger partial charge in [0, 0.05) is 13.0 Å². The van der Waals surface area contributed by atoms with Crippen LogP contribution < -0.4 is 15.5 Å². The standard InChI is InChI=1S/C19H26ClN3O2.ClH/c1-13(14-5-4-9-21-12-14)11-18(24)22-16-8-10-23(19(16)25)17-7-3-2-6-15(17)20;/h2-3,6-7,13-14,16,21H,4-5,8-12H2,1H3,(H,22,24);1H. The van der Waals surface area contributed by atoms with E-state index in [0.29, 0.717) is 41.9 Å². The molecule has 3 unspecified atom stereocenters. The molecule has 0 saturated carbocycles. The molecule has 0 spiro atoms. The number of carbonyl (C=O) groups is 2. The summed E-state index contributed by atoms with van der Waals surface area (Å²) in [6.07, 6.45) is 3.44. The van der Waals surface area contributed by atoms with Crippen molar-refractivity contribution in [3.8, 4) is 0 Å². The number of benzene rings is 1. The van der Waals surface area contributed by atoms with E-state index in [4.69, 9.17) is 11.6 Å². The van der Waals surface area contributed by atoms with Crippen molar-refractivity contribution >= 4 is 41.5 Å². The van der Waals surface area contributed by atoms with Crippen LogP contribution in [0.15, 0.2) is 24.3 Å². The highest BCUT2D eigenvalue weighted by molar-refractivity contribution is 6.34. The Labute approximate surface area is 166 Å². The molecule has 2 heterocycles. The summed E-state index contributed by atoms with van der Waals surface area (Å²) in [5.74, 6) is 0.758. The van der Waals surface area contributed by atoms with Gasteiger partial charge in [0.25, 0.3) is 0 Å². The van der Waals surface area contributed by atoms with Crippen LogP contribution in [0.3, 0.4) is 0 Å². The average molecular weight is 400 g/mol. The van der Waals surface area contributed by atoms with Gasteiger partial charge in [-0.25, -0.2) is 0 Å². The molecular weight excluding hydrogens is 373 g/mol. The Morgan fingerprint density at radius 2 is 2.15 bits per heavy atom. The zero-order valence-corrected chi connectivity index (χ0v) is 16.6. The largest absolute Gasteiger partial charge is 0.344 e. The topological polar surface area (TPSA) is 61.4 Å². The van der Waals surface area contributed by atoms with Crippen molar-refractivity contribution in [2.45, 2.75) is 38.6 Å². The molecule has 0 aliphatic carbocycles. The molecule has 3 atom stereocenters. The molecule has 2 aliphatic heterocycles. The van der Waals surface area contributed by atoms with Crippen molar-refractivity contribution in [1.82, 2.24) is 10.6 Å². The molecule has 0 radical (unpaired) electrons. The van der Waals surface area contributed by atoms with E-state index in [2.05, 4.69) is 17.6 Å². The van der Waals surface area contributed by atoms with Gasteiger partial charge in [-0.05, 0) is 56.3 Å². The number of piperidine rings is 1. The average Bonchev–Trinajstić information content (AvgIpc) is 2.96. The van der Waals surface area contributed by atoms with Crippen molar-refractivity contribution in [2.75, 3.05) is 24.5 Å². The van der Waals surface area contributed by atoms with Gasteiger partial charge in [-0.3, -0.25) is 9.59 Å². The number of hydrogen-bond donors (Lipinski definition) is 2. The van der Waals surface area contributed by atoms with Gasteiger partial charge in [-0.15, -0.1) is 12.4 Å². The molecule has 144 valence electrons. The molecule has 2 saturated heterocycles. The molecule has 2 N–H and O–H groups in total. The van der Waals surface area contributed by atoms with E-state index in [-0.39, 0.29) is 24.2 Å². The Morgan fingerprint density at radius 3 is 2.85 bits per heavy atom. The third-order valence-corrected chi connectivity index (χ3v) is 5.65. The number of para-hydroxylation sites is 1. The van der Waals surface area contributed by atoms with Crippen LogP contribution in [0, 0.1) is 11.8 Å². The lowest BCUT2D eigenvalue weighted by Gasteiger charge is -2.28. The minimum Gasteiger partial charge on any atom is -0.344 e. The van der Waals surface area contributed by atoms with E-state index >= 15 is 0 Å². The van der Waals surface area contributed by atoms with Crippen LogP contribution in [0.1, 0.15) is 32.6 Å². The summed E-state index contributed by atoms with van der Waals surface area (Å²) >= 11 is 6.19. The van der Waals surface area contributed by atoms with Crippen LogP contribution in [0.5, 0.6) is 0 Å². The van der Waals surface area contributed by atoms with Gasteiger partial charge in [0.15, 0.2) is 0 Å². The van der Waals surface area contributed by atoms with Gasteiger partial charge in [-0.2, -0.15) is 0 Å². The van der Waals surface area contributed by atoms with E-state index in [9.17, 15) is 9.59 Å². The molecule has 1 aromatic carbocycles. The molecular formula is C19H27Cl2N3O2. The highest BCUT2D eigenvalue weighted by atomic mass is 35.5. The second-order valence-corrected chi connectivity index (χ2v) is 7.55. The first-order valence-electron chi connectivity index (χ1n) is 9.12. The predicted octanol–water partition coefficient (Wildman–Crippen LogP) is 3.01. The SMILES string of the molecule is CC(CC(=O)NC1CCN(c2ccccc2Cl)C1=O)C1CCCNC1.Cl. The van der Waals surface area contributed by atoms with Gasteiger partial charge in [0.1, 0.15) is 6.04 Å². The number of rotatable bonds is 5. The van der Waals surface area contributed by atoms with Crippen LogP contribution in [-0.2, 0) is 9.59 Å². The minimum absolute atomic E-state index is 0. The first kappa shape index (κ1) is 21.0. The second kappa shape index (κ2) is 9.58. The lowest BCUT2D eigenvalue weighted by molar-refractivity contribution is -0.127. The Morgan fingerprint density at radius 1 is 1.38 bits per heavy atom. The number of anilines is 1. The first-order valence-corrected chi connectivity index (χ1v) is 9.50. The van der Waals surface area contributed by atoms with E-state index in [1.54, 1.807) is 11.0 Å². The fourth-order valence-corrected chi connectivity index (χ4v) is 4.04. The number of nitrogens with zero attached hydrogens (tertiary/aromatic N) is 1. The maximum absolute atomic E-state index is 12.6. The van der Waals surface area contributed by atoms with E-state index in [0.717, 1.165) is 13.1 Å². The molecule has 1 aromatic rings. The molecule has 7 heteroatoms. The second-order valence-electron chi connectivity index (χ2n) is 7.14. The summed E-state index contributed by atoms with van der Waals surface area (Å²) < 4.78 is 0. The lowest BCUT2D eigenvalue weighted by Crippen LogP contribution is -2.43. The normalized spacial score (nSPS) is 24.1. The van der Waals surface area contributed by atoms with E-state index in [1.165, 1.54) is 12.8 Å². The van der Waals surface area contributed by atoms with Crippen molar-refractivity contribution < 1.29 is 9.59 Å². The predicted molar refractivity (Wildman–Crippen MR) is 107 cm³/mol. The molecule has 2 fully saturated rings. The van der Waals surface area contributed by atoms with Crippen LogP contribution in [0.25, 0.3) is 0 Å². The molecule has 3 rings (SSSR count). The number of amides is 2. The maximum atomic E-state index is 12.6. The third kappa shape index (κ3) is 4.90. The third-order valence-electron chi connectivity index (χ3n) is 5.33. The molecule has 2 amide bonds. The minimum atomic E-state index is -0.444. The van der Waals surface area contributed by atoms with Crippen LogP contribution in [0.4, 0.5) is 5.69 Å². The highest BCUT2D eigenvalue weighted by Crippen LogP contribution is 2.29.